The highest BCUT2D eigenvalue weighted by Gasteiger charge is 2.14. The maximum atomic E-state index is 5.73. The van der Waals surface area contributed by atoms with Crippen LogP contribution >= 0.6 is 0 Å². The van der Waals surface area contributed by atoms with Gasteiger partial charge in [-0.15, -0.1) is 0 Å². The lowest BCUT2D eigenvalue weighted by Gasteiger charge is -2.16. The molecule has 26 heavy (non-hydrogen) atoms. The molecule has 0 unspecified atom stereocenters. The molecular weight excluding hydrogens is 324 g/mol. The average molecular weight is 342 g/mol. The molecule has 0 bridgehead atoms. The number of ether oxygens (including phenoxy) is 1. The van der Waals surface area contributed by atoms with Crippen LogP contribution in [0.25, 0.3) is 6.08 Å². The molecule has 5 nitrogen and oxygen atoms in total. The molecule has 0 atom stereocenters. The van der Waals surface area contributed by atoms with Gasteiger partial charge in [-0.05, 0) is 60.4 Å². The zero-order chi connectivity index (χ0) is 17.6. The molecule has 4 rings (SSSR count). The minimum Gasteiger partial charge on any atom is -0.424 e. The second-order valence-corrected chi connectivity index (χ2v) is 5.95. The number of hydrogen-bond donors (Lipinski definition) is 0. The zero-order valence-electron chi connectivity index (χ0n) is 14.2. The number of pyridine rings is 1. The number of aliphatic imine (C=N–C) groups is 1. The molecule has 1 aliphatic rings. The normalized spacial score (nSPS) is 15.5. The van der Waals surface area contributed by atoms with Gasteiger partial charge in [-0.2, -0.15) is 0 Å². The predicted molar refractivity (Wildman–Crippen MR) is 101 cm³/mol. The number of nitrogens with zero attached hydrogens (tertiary/aromatic N) is 4. The molecule has 3 heterocycles. The van der Waals surface area contributed by atoms with Crippen LogP contribution in [0.15, 0.2) is 77.8 Å². The monoisotopic (exact) mass is 342 g/mol. The van der Waals surface area contributed by atoms with Crippen molar-refractivity contribution in [3.63, 3.8) is 0 Å². The van der Waals surface area contributed by atoms with Crippen LogP contribution in [-0.4, -0.2) is 27.2 Å². The largest absolute Gasteiger partial charge is 0.424 e. The van der Waals surface area contributed by atoms with Crippen LogP contribution in [-0.2, 0) is 0 Å². The second-order valence-electron chi connectivity index (χ2n) is 5.95. The molecular formula is C21H18N4O. The third kappa shape index (κ3) is 3.83. The van der Waals surface area contributed by atoms with Crippen molar-refractivity contribution in [3.8, 4) is 11.8 Å². The molecule has 0 saturated heterocycles. The molecule has 2 aromatic heterocycles. The van der Waals surface area contributed by atoms with Crippen molar-refractivity contribution in [3.05, 3.63) is 84.0 Å². The van der Waals surface area contributed by atoms with E-state index in [-0.39, 0.29) is 0 Å². The van der Waals surface area contributed by atoms with E-state index in [0.717, 1.165) is 36.2 Å². The minimum atomic E-state index is 0.340. The van der Waals surface area contributed by atoms with Crippen LogP contribution in [0.3, 0.4) is 0 Å². The Morgan fingerprint density at radius 3 is 2.73 bits per heavy atom. The Bertz CT molecular complexity index is 936. The van der Waals surface area contributed by atoms with Crippen LogP contribution in [0.2, 0.25) is 0 Å². The molecule has 0 amide bonds. The van der Waals surface area contributed by atoms with Crippen LogP contribution in [0.5, 0.6) is 11.8 Å². The van der Waals surface area contributed by atoms with Crippen LogP contribution in [0, 0.1) is 0 Å². The summed E-state index contributed by atoms with van der Waals surface area (Å²) in [5, 5.41) is 0. The molecule has 1 aliphatic heterocycles. The summed E-state index contributed by atoms with van der Waals surface area (Å²) in [4.78, 5) is 17.1. The summed E-state index contributed by atoms with van der Waals surface area (Å²) in [7, 11) is 0. The van der Waals surface area contributed by atoms with Gasteiger partial charge >= 0.3 is 6.01 Å². The SMILES string of the molecule is C(=C1CCCN=C1c1cccnc1)c1cccc(Oc2ncccn2)c1. The Labute approximate surface area is 152 Å². The van der Waals surface area contributed by atoms with Gasteiger partial charge in [0.1, 0.15) is 5.75 Å². The molecule has 128 valence electrons. The van der Waals surface area contributed by atoms with Gasteiger partial charge in [0, 0.05) is 36.9 Å². The molecule has 5 heteroatoms. The zero-order valence-corrected chi connectivity index (χ0v) is 14.2. The highest BCUT2D eigenvalue weighted by Crippen LogP contribution is 2.24. The Kier molecular flexibility index (Phi) is 4.78. The number of hydrogen-bond acceptors (Lipinski definition) is 5. The van der Waals surface area contributed by atoms with Crippen LogP contribution in [0.1, 0.15) is 24.0 Å². The van der Waals surface area contributed by atoms with Gasteiger partial charge in [0.2, 0.25) is 0 Å². The van der Waals surface area contributed by atoms with Crippen molar-refractivity contribution in [1.29, 1.82) is 0 Å². The summed E-state index contributed by atoms with van der Waals surface area (Å²) >= 11 is 0. The molecule has 0 aliphatic carbocycles. The van der Waals surface area contributed by atoms with E-state index in [4.69, 9.17) is 9.73 Å². The highest BCUT2D eigenvalue weighted by molar-refractivity contribution is 6.15. The number of allylic oxidation sites excluding steroid dienone is 1. The van der Waals surface area contributed by atoms with Crippen molar-refractivity contribution < 1.29 is 4.74 Å². The molecule has 0 spiro atoms. The Hall–Kier alpha value is -3.34. The van der Waals surface area contributed by atoms with E-state index in [0.29, 0.717) is 11.8 Å². The van der Waals surface area contributed by atoms with Crippen LogP contribution < -0.4 is 4.74 Å². The number of aromatic nitrogens is 3. The standard InChI is InChI=1S/C21H18N4O/c1-5-16(14-19(8-1)26-21-24-11-4-12-25-21)13-17-6-3-10-23-20(17)18-7-2-9-22-15-18/h1-2,4-5,7-9,11-15H,3,6,10H2. The highest BCUT2D eigenvalue weighted by atomic mass is 16.5. The van der Waals surface area contributed by atoms with Gasteiger partial charge < -0.3 is 4.74 Å². The molecule has 0 radical (unpaired) electrons. The first-order valence-electron chi connectivity index (χ1n) is 8.59. The fourth-order valence-corrected chi connectivity index (χ4v) is 2.91. The van der Waals surface area contributed by atoms with E-state index in [1.165, 1.54) is 5.57 Å². The summed E-state index contributed by atoms with van der Waals surface area (Å²) in [6.45, 7) is 0.857. The first kappa shape index (κ1) is 16.1. The summed E-state index contributed by atoms with van der Waals surface area (Å²) in [6.07, 6.45) is 11.2. The van der Waals surface area contributed by atoms with Gasteiger partial charge in [0.05, 0.1) is 5.71 Å². The second kappa shape index (κ2) is 7.70. The molecule has 1 aromatic carbocycles. The smallest absolute Gasteiger partial charge is 0.321 e. The maximum absolute atomic E-state index is 5.73. The Morgan fingerprint density at radius 1 is 0.962 bits per heavy atom. The first-order chi connectivity index (χ1) is 12.9. The lowest BCUT2D eigenvalue weighted by atomic mass is 9.95. The molecule has 0 saturated carbocycles. The minimum absolute atomic E-state index is 0.340. The summed E-state index contributed by atoms with van der Waals surface area (Å²) in [6, 6.07) is 14.0. The fourth-order valence-electron chi connectivity index (χ4n) is 2.91. The van der Waals surface area contributed by atoms with Crippen molar-refractivity contribution in [2.45, 2.75) is 12.8 Å². The number of benzene rings is 1. The van der Waals surface area contributed by atoms with Crippen LogP contribution in [0.4, 0.5) is 0 Å². The average Bonchev–Trinajstić information content (AvgIpc) is 2.70. The van der Waals surface area contributed by atoms with Gasteiger partial charge in [-0.1, -0.05) is 12.1 Å². The fraction of sp³-hybridized carbons (Fsp3) is 0.143. The number of rotatable bonds is 4. The summed E-state index contributed by atoms with van der Waals surface area (Å²) in [5.41, 5.74) is 4.37. The van der Waals surface area contributed by atoms with E-state index in [2.05, 4.69) is 33.2 Å². The van der Waals surface area contributed by atoms with Gasteiger partial charge in [0.15, 0.2) is 0 Å². The van der Waals surface area contributed by atoms with E-state index in [1.54, 1.807) is 24.7 Å². The van der Waals surface area contributed by atoms with Crippen molar-refractivity contribution in [1.82, 2.24) is 15.0 Å². The maximum Gasteiger partial charge on any atom is 0.321 e. The van der Waals surface area contributed by atoms with E-state index in [1.807, 2.05) is 30.5 Å². The lowest BCUT2D eigenvalue weighted by Crippen LogP contribution is -2.11. The van der Waals surface area contributed by atoms with Crippen molar-refractivity contribution >= 4 is 11.8 Å². The van der Waals surface area contributed by atoms with Gasteiger partial charge in [-0.3, -0.25) is 9.98 Å². The molecule has 3 aromatic rings. The Morgan fingerprint density at radius 2 is 1.88 bits per heavy atom. The van der Waals surface area contributed by atoms with E-state index < -0.39 is 0 Å². The van der Waals surface area contributed by atoms with E-state index in [9.17, 15) is 0 Å². The predicted octanol–water partition coefficient (Wildman–Crippen LogP) is 4.33. The summed E-state index contributed by atoms with van der Waals surface area (Å²) in [5.74, 6) is 0.709. The van der Waals surface area contributed by atoms with Gasteiger partial charge in [0.25, 0.3) is 0 Å². The topological polar surface area (TPSA) is 60.3 Å². The molecule has 0 fully saturated rings. The third-order valence-electron chi connectivity index (χ3n) is 4.06. The third-order valence-corrected chi connectivity index (χ3v) is 4.06. The van der Waals surface area contributed by atoms with Crippen molar-refractivity contribution in [2.75, 3.05) is 6.54 Å². The molecule has 0 N–H and O–H groups in total. The van der Waals surface area contributed by atoms with Gasteiger partial charge in [-0.25, -0.2) is 9.97 Å². The first-order valence-corrected chi connectivity index (χ1v) is 8.59. The lowest BCUT2D eigenvalue weighted by molar-refractivity contribution is 0.441. The summed E-state index contributed by atoms with van der Waals surface area (Å²) < 4.78 is 5.73. The van der Waals surface area contributed by atoms with E-state index >= 15 is 0 Å². The quantitative estimate of drug-likeness (QED) is 0.708. The van der Waals surface area contributed by atoms with Crippen molar-refractivity contribution in [2.24, 2.45) is 4.99 Å². The Balaban J connectivity index is 1.62.